The Labute approximate surface area is 99.7 Å². The van der Waals surface area contributed by atoms with Crippen LogP contribution in [-0.2, 0) is 7.05 Å². The molecule has 0 radical (unpaired) electrons. The van der Waals surface area contributed by atoms with Crippen LogP contribution >= 0.6 is 0 Å². The van der Waals surface area contributed by atoms with Gasteiger partial charge in [-0.2, -0.15) is 10.4 Å². The summed E-state index contributed by atoms with van der Waals surface area (Å²) in [4.78, 5) is 0. The van der Waals surface area contributed by atoms with Gasteiger partial charge in [0.15, 0.2) is 0 Å². The molecule has 1 aromatic heterocycles. The second kappa shape index (κ2) is 4.81. The summed E-state index contributed by atoms with van der Waals surface area (Å²) < 4.78 is 1.62. The highest BCUT2D eigenvalue weighted by Crippen LogP contribution is 2.23. The second-order valence-corrected chi connectivity index (χ2v) is 3.82. The number of aliphatic hydroxyl groups is 1. The van der Waals surface area contributed by atoms with E-state index in [0.29, 0.717) is 5.69 Å². The molecule has 1 unspecified atom stereocenters. The first-order valence-corrected chi connectivity index (χ1v) is 5.36. The predicted molar refractivity (Wildman–Crippen MR) is 63.8 cm³/mol. The Hall–Kier alpha value is -2.12. The SMILES string of the molecule is Cn1nc(-c2ccccc2)cc1C(O)CC#N. The van der Waals surface area contributed by atoms with Gasteiger partial charge >= 0.3 is 0 Å². The first-order valence-electron chi connectivity index (χ1n) is 5.36. The highest BCUT2D eigenvalue weighted by molar-refractivity contribution is 5.59. The Balaban J connectivity index is 2.35. The van der Waals surface area contributed by atoms with Crippen molar-refractivity contribution in [3.63, 3.8) is 0 Å². The van der Waals surface area contributed by atoms with E-state index in [4.69, 9.17) is 5.26 Å². The van der Waals surface area contributed by atoms with E-state index in [9.17, 15) is 5.11 Å². The van der Waals surface area contributed by atoms with Gasteiger partial charge in [-0.25, -0.2) is 0 Å². The fourth-order valence-corrected chi connectivity index (χ4v) is 1.73. The third-order valence-corrected chi connectivity index (χ3v) is 2.61. The number of rotatable bonds is 3. The van der Waals surface area contributed by atoms with Crippen molar-refractivity contribution in [2.75, 3.05) is 0 Å². The molecule has 0 aliphatic rings. The number of aliphatic hydroxyl groups excluding tert-OH is 1. The van der Waals surface area contributed by atoms with E-state index < -0.39 is 6.10 Å². The summed E-state index contributed by atoms with van der Waals surface area (Å²) in [5.41, 5.74) is 2.46. The third-order valence-electron chi connectivity index (χ3n) is 2.61. The van der Waals surface area contributed by atoms with Gasteiger partial charge in [0, 0.05) is 12.6 Å². The van der Waals surface area contributed by atoms with E-state index in [-0.39, 0.29) is 6.42 Å². The lowest BCUT2D eigenvalue weighted by Crippen LogP contribution is -2.04. The fraction of sp³-hybridized carbons (Fsp3) is 0.231. The van der Waals surface area contributed by atoms with Crippen molar-refractivity contribution in [3.8, 4) is 17.3 Å². The Kier molecular flexibility index (Phi) is 3.22. The van der Waals surface area contributed by atoms with Crippen molar-refractivity contribution in [3.05, 3.63) is 42.1 Å². The summed E-state index contributed by atoms with van der Waals surface area (Å²) >= 11 is 0. The number of aryl methyl sites for hydroxylation is 1. The van der Waals surface area contributed by atoms with Crippen LogP contribution in [0.1, 0.15) is 18.2 Å². The fourth-order valence-electron chi connectivity index (χ4n) is 1.73. The summed E-state index contributed by atoms with van der Waals surface area (Å²) in [5, 5.41) is 22.7. The summed E-state index contributed by atoms with van der Waals surface area (Å²) in [5.74, 6) is 0. The smallest absolute Gasteiger partial charge is 0.109 e. The molecule has 0 aliphatic carbocycles. The lowest BCUT2D eigenvalue weighted by atomic mass is 10.1. The van der Waals surface area contributed by atoms with Gasteiger partial charge in [0.1, 0.15) is 6.10 Å². The lowest BCUT2D eigenvalue weighted by Gasteiger charge is -2.05. The van der Waals surface area contributed by atoms with Crippen molar-refractivity contribution in [1.29, 1.82) is 5.26 Å². The predicted octanol–water partition coefficient (Wildman–Crippen LogP) is 2.03. The minimum Gasteiger partial charge on any atom is -0.386 e. The van der Waals surface area contributed by atoms with Crippen LogP contribution in [0.2, 0.25) is 0 Å². The molecule has 4 nitrogen and oxygen atoms in total. The molecule has 0 bridgehead atoms. The number of nitriles is 1. The highest BCUT2D eigenvalue weighted by Gasteiger charge is 2.14. The minimum atomic E-state index is -0.782. The topological polar surface area (TPSA) is 61.8 Å². The normalized spacial score (nSPS) is 12.1. The molecule has 2 aromatic rings. The van der Waals surface area contributed by atoms with Crippen LogP contribution in [0.5, 0.6) is 0 Å². The van der Waals surface area contributed by atoms with E-state index in [0.717, 1.165) is 11.3 Å². The van der Waals surface area contributed by atoms with Crippen LogP contribution in [0, 0.1) is 11.3 Å². The van der Waals surface area contributed by atoms with Crippen molar-refractivity contribution in [1.82, 2.24) is 9.78 Å². The zero-order valence-electron chi connectivity index (χ0n) is 9.54. The molecule has 1 atom stereocenters. The molecule has 17 heavy (non-hydrogen) atoms. The quantitative estimate of drug-likeness (QED) is 0.872. The zero-order valence-corrected chi connectivity index (χ0v) is 9.54. The zero-order chi connectivity index (χ0) is 12.3. The average molecular weight is 227 g/mol. The van der Waals surface area contributed by atoms with Crippen molar-refractivity contribution < 1.29 is 5.11 Å². The number of nitrogens with zero attached hydrogens (tertiary/aromatic N) is 3. The summed E-state index contributed by atoms with van der Waals surface area (Å²) in [6.45, 7) is 0. The van der Waals surface area contributed by atoms with Crippen molar-refractivity contribution in [2.45, 2.75) is 12.5 Å². The Morgan fingerprint density at radius 3 is 2.76 bits per heavy atom. The molecule has 0 aliphatic heterocycles. The van der Waals surface area contributed by atoms with Crippen molar-refractivity contribution in [2.24, 2.45) is 7.05 Å². The van der Waals surface area contributed by atoms with E-state index in [1.54, 1.807) is 11.7 Å². The van der Waals surface area contributed by atoms with E-state index in [1.165, 1.54) is 0 Å². The maximum atomic E-state index is 9.78. The van der Waals surface area contributed by atoms with E-state index >= 15 is 0 Å². The maximum absolute atomic E-state index is 9.78. The van der Waals surface area contributed by atoms with Gasteiger partial charge in [-0.15, -0.1) is 0 Å². The molecule has 1 aromatic carbocycles. The number of aromatic nitrogens is 2. The highest BCUT2D eigenvalue weighted by atomic mass is 16.3. The van der Waals surface area contributed by atoms with Gasteiger partial charge < -0.3 is 5.11 Å². The van der Waals surface area contributed by atoms with Gasteiger partial charge in [-0.05, 0) is 6.07 Å². The standard InChI is InChI=1S/C13H13N3O/c1-16-12(13(17)7-8-14)9-11(15-16)10-5-3-2-4-6-10/h2-6,9,13,17H,7H2,1H3. The van der Waals surface area contributed by atoms with Crippen LogP contribution < -0.4 is 0 Å². The third kappa shape index (κ3) is 2.35. The number of hydrogen-bond acceptors (Lipinski definition) is 3. The second-order valence-electron chi connectivity index (χ2n) is 3.82. The first kappa shape index (κ1) is 11.4. The van der Waals surface area contributed by atoms with Crippen LogP contribution in [-0.4, -0.2) is 14.9 Å². The van der Waals surface area contributed by atoms with Crippen LogP contribution in [0.3, 0.4) is 0 Å². The molecule has 86 valence electrons. The first-order chi connectivity index (χ1) is 8.22. The number of benzene rings is 1. The molecule has 0 spiro atoms. The largest absolute Gasteiger partial charge is 0.386 e. The van der Waals surface area contributed by atoms with Crippen LogP contribution in [0.25, 0.3) is 11.3 Å². The summed E-state index contributed by atoms with van der Waals surface area (Å²) in [6, 6.07) is 13.5. The maximum Gasteiger partial charge on any atom is 0.109 e. The van der Waals surface area contributed by atoms with Gasteiger partial charge in [0.25, 0.3) is 0 Å². The summed E-state index contributed by atoms with van der Waals surface area (Å²) in [7, 11) is 1.77. The van der Waals surface area contributed by atoms with Crippen molar-refractivity contribution >= 4 is 0 Å². The van der Waals surface area contributed by atoms with Gasteiger partial charge in [0.05, 0.1) is 23.9 Å². The minimum absolute atomic E-state index is 0.0771. The monoisotopic (exact) mass is 227 g/mol. The van der Waals surface area contributed by atoms with E-state index in [2.05, 4.69) is 5.10 Å². The Morgan fingerprint density at radius 2 is 2.12 bits per heavy atom. The molecular weight excluding hydrogens is 214 g/mol. The molecule has 1 N–H and O–H groups in total. The molecule has 0 saturated heterocycles. The Morgan fingerprint density at radius 1 is 1.41 bits per heavy atom. The molecular formula is C13H13N3O. The summed E-state index contributed by atoms with van der Waals surface area (Å²) in [6.07, 6.45) is -0.705. The lowest BCUT2D eigenvalue weighted by molar-refractivity contribution is 0.173. The molecule has 0 fully saturated rings. The van der Waals surface area contributed by atoms with E-state index in [1.807, 2.05) is 42.5 Å². The average Bonchev–Trinajstić information content (AvgIpc) is 2.73. The molecule has 0 saturated carbocycles. The molecule has 2 rings (SSSR count). The molecule has 1 heterocycles. The van der Waals surface area contributed by atoms with Crippen LogP contribution in [0.4, 0.5) is 0 Å². The van der Waals surface area contributed by atoms with Gasteiger partial charge in [-0.3, -0.25) is 4.68 Å². The Bertz CT molecular complexity index is 540. The molecule has 4 heteroatoms. The van der Waals surface area contributed by atoms with Gasteiger partial charge in [-0.1, -0.05) is 30.3 Å². The van der Waals surface area contributed by atoms with Crippen LogP contribution in [0.15, 0.2) is 36.4 Å². The van der Waals surface area contributed by atoms with Gasteiger partial charge in [0.2, 0.25) is 0 Å². The molecule has 0 amide bonds. The number of hydrogen-bond donors (Lipinski definition) is 1.